The number of rotatable bonds is 7. The smallest absolute Gasteiger partial charge is 0.140 e. The summed E-state index contributed by atoms with van der Waals surface area (Å²) in [4.78, 5) is 31.6. The summed E-state index contributed by atoms with van der Waals surface area (Å²) in [6.07, 6.45) is 0.0608. The third-order valence-electron chi connectivity index (χ3n) is 2.79. The Hall–Kier alpha value is -1.07. The zero-order valence-corrected chi connectivity index (χ0v) is 12.5. The highest BCUT2D eigenvalue weighted by atomic mass is 16.3. The summed E-state index contributed by atoms with van der Waals surface area (Å²) in [5.74, 6) is -0.106. The van der Waals surface area contributed by atoms with Crippen molar-refractivity contribution in [2.45, 2.75) is 66.1 Å². The standard InChI is InChI=1S/C10H18O3.C4H8O2/c1-5-8(12)10(3,4)9(13)6-7(2)11;1-4(6)2-3-5/h9,13H,5-6H2,1-4H3;3-4,6H,2H2,1H3/t9-;/m0./s1. The van der Waals surface area contributed by atoms with E-state index in [0.29, 0.717) is 12.7 Å². The summed E-state index contributed by atoms with van der Waals surface area (Å²) >= 11 is 0. The molecule has 5 heteroatoms. The van der Waals surface area contributed by atoms with E-state index in [1.165, 1.54) is 6.92 Å². The van der Waals surface area contributed by atoms with Crippen LogP contribution in [0.25, 0.3) is 0 Å². The molecule has 0 amide bonds. The lowest BCUT2D eigenvalue weighted by Crippen LogP contribution is -2.38. The van der Waals surface area contributed by atoms with Gasteiger partial charge in [0.1, 0.15) is 17.9 Å². The van der Waals surface area contributed by atoms with Gasteiger partial charge in [0.15, 0.2) is 0 Å². The SMILES string of the molecule is CC(O)CC=O.CCC(=O)C(C)(C)[C@@H](O)CC(C)=O. The Morgan fingerprint density at radius 1 is 1.26 bits per heavy atom. The minimum atomic E-state index is -0.863. The molecule has 0 saturated carbocycles. The normalized spacial score (nSPS) is 13.8. The second-order valence-electron chi connectivity index (χ2n) is 5.17. The van der Waals surface area contributed by atoms with Crippen LogP contribution in [-0.4, -0.2) is 40.3 Å². The van der Waals surface area contributed by atoms with Crippen LogP contribution in [-0.2, 0) is 14.4 Å². The third kappa shape index (κ3) is 9.50. The van der Waals surface area contributed by atoms with Gasteiger partial charge in [-0.15, -0.1) is 0 Å². The number of hydrogen-bond donors (Lipinski definition) is 2. The van der Waals surface area contributed by atoms with Crippen LogP contribution in [0.5, 0.6) is 0 Å². The zero-order valence-electron chi connectivity index (χ0n) is 12.5. The van der Waals surface area contributed by atoms with Crippen molar-refractivity contribution in [3.8, 4) is 0 Å². The first-order chi connectivity index (χ1) is 8.59. The molecule has 0 heterocycles. The van der Waals surface area contributed by atoms with Gasteiger partial charge < -0.3 is 15.0 Å². The van der Waals surface area contributed by atoms with Gasteiger partial charge in [0.25, 0.3) is 0 Å². The van der Waals surface area contributed by atoms with Gasteiger partial charge in [-0.1, -0.05) is 20.8 Å². The highest BCUT2D eigenvalue weighted by Crippen LogP contribution is 2.25. The van der Waals surface area contributed by atoms with Crippen LogP contribution in [0.4, 0.5) is 0 Å². The average molecular weight is 274 g/mol. The molecule has 0 spiro atoms. The minimum Gasteiger partial charge on any atom is -0.393 e. The first kappa shape index (κ1) is 20.3. The molecular formula is C14H26O5. The lowest BCUT2D eigenvalue weighted by Gasteiger charge is -2.27. The Morgan fingerprint density at radius 2 is 1.74 bits per heavy atom. The van der Waals surface area contributed by atoms with Crippen LogP contribution in [0, 0.1) is 5.41 Å². The number of ketones is 2. The van der Waals surface area contributed by atoms with E-state index in [1.807, 2.05) is 0 Å². The molecule has 1 unspecified atom stereocenters. The maximum absolute atomic E-state index is 11.4. The van der Waals surface area contributed by atoms with Crippen molar-refractivity contribution < 1.29 is 24.6 Å². The van der Waals surface area contributed by atoms with Crippen LogP contribution in [0.3, 0.4) is 0 Å². The lowest BCUT2D eigenvalue weighted by molar-refractivity contribution is -0.134. The summed E-state index contributed by atoms with van der Waals surface area (Å²) in [5, 5.41) is 17.9. The molecule has 0 aliphatic rings. The Bertz CT molecular complexity index is 294. The highest BCUT2D eigenvalue weighted by Gasteiger charge is 2.34. The van der Waals surface area contributed by atoms with Crippen LogP contribution in [0.15, 0.2) is 0 Å². The van der Waals surface area contributed by atoms with Crippen LogP contribution in [0.1, 0.15) is 53.9 Å². The van der Waals surface area contributed by atoms with Gasteiger partial charge in [0, 0.05) is 24.7 Å². The van der Waals surface area contributed by atoms with Gasteiger partial charge in [-0.05, 0) is 13.8 Å². The predicted molar refractivity (Wildman–Crippen MR) is 72.7 cm³/mol. The van der Waals surface area contributed by atoms with E-state index in [4.69, 9.17) is 5.11 Å². The molecule has 0 rings (SSSR count). The molecule has 2 N–H and O–H groups in total. The quantitative estimate of drug-likeness (QED) is 0.682. The van der Waals surface area contributed by atoms with E-state index in [0.717, 1.165) is 0 Å². The fraction of sp³-hybridized carbons (Fsp3) is 0.786. The summed E-state index contributed by atoms with van der Waals surface area (Å²) in [6.45, 7) is 8.09. The molecule has 0 fully saturated rings. The van der Waals surface area contributed by atoms with E-state index in [-0.39, 0.29) is 24.4 Å². The Kier molecular flexibility index (Phi) is 10.5. The van der Waals surface area contributed by atoms with Crippen LogP contribution >= 0.6 is 0 Å². The molecule has 19 heavy (non-hydrogen) atoms. The second kappa shape index (κ2) is 9.81. The Labute approximate surface area is 115 Å². The minimum absolute atomic E-state index is 0.0127. The van der Waals surface area contributed by atoms with Gasteiger partial charge in [0.05, 0.1) is 12.2 Å². The molecule has 0 saturated heterocycles. The average Bonchev–Trinajstić information content (AvgIpc) is 2.27. The monoisotopic (exact) mass is 274 g/mol. The molecule has 112 valence electrons. The van der Waals surface area contributed by atoms with Crippen molar-refractivity contribution in [1.82, 2.24) is 0 Å². The van der Waals surface area contributed by atoms with E-state index < -0.39 is 17.6 Å². The maximum Gasteiger partial charge on any atom is 0.140 e. The van der Waals surface area contributed by atoms with E-state index in [1.54, 1.807) is 27.7 Å². The summed E-state index contributed by atoms with van der Waals surface area (Å²) in [6, 6.07) is 0. The van der Waals surface area contributed by atoms with Gasteiger partial charge in [-0.2, -0.15) is 0 Å². The summed E-state index contributed by atoms with van der Waals surface area (Å²) < 4.78 is 0. The molecule has 0 aromatic carbocycles. The molecule has 2 atom stereocenters. The summed E-state index contributed by atoms with van der Waals surface area (Å²) in [7, 11) is 0. The van der Waals surface area contributed by atoms with Crippen molar-refractivity contribution in [1.29, 1.82) is 0 Å². The zero-order chi connectivity index (χ0) is 15.6. The largest absolute Gasteiger partial charge is 0.393 e. The number of aliphatic hydroxyl groups is 2. The number of carbonyl (C=O) groups is 3. The first-order valence-electron chi connectivity index (χ1n) is 6.42. The second-order valence-corrected chi connectivity index (χ2v) is 5.17. The molecule has 0 radical (unpaired) electrons. The molecule has 0 aliphatic heterocycles. The van der Waals surface area contributed by atoms with Crippen molar-refractivity contribution in [2.75, 3.05) is 0 Å². The van der Waals surface area contributed by atoms with Crippen molar-refractivity contribution in [3.63, 3.8) is 0 Å². The molecule has 0 bridgehead atoms. The Morgan fingerprint density at radius 3 is 1.95 bits per heavy atom. The van der Waals surface area contributed by atoms with E-state index in [2.05, 4.69) is 0 Å². The van der Waals surface area contributed by atoms with Gasteiger partial charge in [-0.25, -0.2) is 0 Å². The number of carbonyl (C=O) groups excluding carboxylic acids is 3. The fourth-order valence-electron chi connectivity index (χ4n) is 1.31. The lowest BCUT2D eigenvalue weighted by atomic mass is 9.79. The van der Waals surface area contributed by atoms with Gasteiger partial charge in [-0.3, -0.25) is 9.59 Å². The van der Waals surface area contributed by atoms with Crippen molar-refractivity contribution in [2.24, 2.45) is 5.41 Å². The van der Waals surface area contributed by atoms with Crippen molar-refractivity contribution in [3.05, 3.63) is 0 Å². The predicted octanol–water partition coefficient (Wildman–Crippen LogP) is 1.29. The third-order valence-corrected chi connectivity index (χ3v) is 2.79. The number of aldehydes is 1. The Balaban J connectivity index is 0. The van der Waals surface area contributed by atoms with Gasteiger partial charge in [0.2, 0.25) is 0 Å². The molecule has 5 nitrogen and oxygen atoms in total. The molecular weight excluding hydrogens is 248 g/mol. The topological polar surface area (TPSA) is 91.7 Å². The van der Waals surface area contributed by atoms with Crippen LogP contribution in [0.2, 0.25) is 0 Å². The van der Waals surface area contributed by atoms with Crippen LogP contribution < -0.4 is 0 Å². The van der Waals surface area contributed by atoms with E-state index in [9.17, 15) is 19.5 Å². The molecule has 0 aromatic rings. The molecule has 0 aromatic heterocycles. The fourth-order valence-corrected chi connectivity index (χ4v) is 1.31. The van der Waals surface area contributed by atoms with Crippen molar-refractivity contribution >= 4 is 17.9 Å². The first-order valence-corrected chi connectivity index (χ1v) is 6.42. The maximum atomic E-state index is 11.4. The van der Waals surface area contributed by atoms with E-state index >= 15 is 0 Å². The summed E-state index contributed by atoms with van der Waals surface area (Å²) in [5.41, 5.74) is -0.805. The number of Topliss-reactive ketones (excluding diaryl/α,β-unsaturated/α-hetero) is 2. The number of aliphatic hydroxyl groups excluding tert-OH is 2. The molecule has 0 aliphatic carbocycles. The highest BCUT2D eigenvalue weighted by molar-refractivity contribution is 5.85. The van der Waals surface area contributed by atoms with Gasteiger partial charge >= 0.3 is 0 Å². The number of hydrogen-bond acceptors (Lipinski definition) is 5.